The summed E-state index contributed by atoms with van der Waals surface area (Å²) in [4.78, 5) is 24.2. The molecule has 0 saturated carbocycles. The second-order valence-corrected chi connectivity index (χ2v) is 6.08. The number of anilines is 1. The molecule has 0 radical (unpaired) electrons. The Labute approximate surface area is 162 Å². The third-order valence-electron chi connectivity index (χ3n) is 4.06. The van der Waals surface area contributed by atoms with Gasteiger partial charge in [-0.2, -0.15) is 5.26 Å². The van der Waals surface area contributed by atoms with Crippen molar-refractivity contribution in [2.24, 2.45) is 0 Å². The number of hydrogen-bond acceptors (Lipinski definition) is 5. The predicted octanol–water partition coefficient (Wildman–Crippen LogP) is 3.66. The lowest BCUT2D eigenvalue weighted by atomic mass is 10.1. The molecular weight excluding hydrogens is 356 g/mol. The van der Waals surface area contributed by atoms with Gasteiger partial charge in [0.25, 0.3) is 5.91 Å². The van der Waals surface area contributed by atoms with Crippen molar-refractivity contribution < 1.29 is 19.1 Å². The van der Waals surface area contributed by atoms with Gasteiger partial charge in [-0.25, -0.2) is 4.79 Å². The first-order valence-corrected chi connectivity index (χ1v) is 8.68. The fourth-order valence-corrected chi connectivity index (χ4v) is 2.61. The minimum Gasteiger partial charge on any atom is -0.482 e. The zero-order valence-electron chi connectivity index (χ0n) is 15.2. The van der Waals surface area contributed by atoms with E-state index in [1.807, 2.05) is 42.5 Å². The maximum absolute atomic E-state index is 12.2. The summed E-state index contributed by atoms with van der Waals surface area (Å²) in [5, 5.41) is 13.7. The number of carbonyl (C=O) groups excluding carboxylic acids is 2. The van der Waals surface area contributed by atoms with Crippen LogP contribution in [0, 0.1) is 11.3 Å². The van der Waals surface area contributed by atoms with Gasteiger partial charge in [-0.05, 0) is 42.0 Å². The van der Waals surface area contributed by atoms with Crippen LogP contribution in [0.2, 0.25) is 0 Å². The highest BCUT2D eigenvalue weighted by molar-refractivity contribution is 5.96. The monoisotopic (exact) mass is 374 g/mol. The van der Waals surface area contributed by atoms with Crippen molar-refractivity contribution in [3.63, 3.8) is 0 Å². The Morgan fingerprint density at radius 1 is 1.04 bits per heavy atom. The Bertz CT molecular complexity index is 1060. The van der Waals surface area contributed by atoms with Crippen molar-refractivity contribution in [1.29, 1.82) is 5.26 Å². The van der Waals surface area contributed by atoms with Gasteiger partial charge in [0.15, 0.2) is 12.7 Å². The number of ether oxygens (including phenoxy) is 2. The average molecular weight is 374 g/mol. The van der Waals surface area contributed by atoms with E-state index in [0.29, 0.717) is 17.0 Å². The molecule has 6 nitrogen and oxygen atoms in total. The molecule has 1 amide bonds. The van der Waals surface area contributed by atoms with Crippen LogP contribution in [0.4, 0.5) is 5.69 Å². The van der Waals surface area contributed by atoms with Gasteiger partial charge in [0.2, 0.25) is 0 Å². The van der Waals surface area contributed by atoms with Gasteiger partial charge in [-0.1, -0.05) is 42.5 Å². The molecule has 28 heavy (non-hydrogen) atoms. The van der Waals surface area contributed by atoms with Crippen molar-refractivity contribution in [2.45, 2.75) is 13.0 Å². The van der Waals surface area contributed by atoms with Gasteiger partial charge in [0.1, 0.15) is 11.8 Å². The van der Waals surface area contributed by atoms with Crippen molar-refractivity contribution >= 4 is 28.3 Å². The van der Waals surface area contributed by atoms with Gasteiger partial charge < -0.3 is 14.8 Å². The Hall–Kier alpha value is -3.85. The standard InChI is InChI=1S/C22H18N2O4/c1-15(22(26)24-20-9-5-4-8-18(20)13-23)28-21(25)14-27-19-11-10-16-6-2-3-7-17(16)12-19/h2-12,15H,14H2,1H3,(H,24,26)/t15-/m0/s1. The maximum Gasteiger partial charge on any atom is 0.344 e. The molecule has 0 saturated heterocycles. The van der Waals surface area contributed by atoms with Crippen LogP contribution in [0.15, 0.2) is 66.7 Å². The molecule has 6 heteroatoms. The van der Waals surface area contributed by atoms with Crippen LogP contribution >= 0.6 is 0 Å². The molecule has 0 aliphatic rings. The molecule has 0 unspecified atom stereocenters. The van der Waals surface area contributed by atoms with Gasteiger partial charge in [0.05, 0.1) is 11.3 Å². The van der Waals surface area contributed by atoms with Crippen molar-refractivity contribution in [3.05, 3.63) is 72.3 Å². The summed E-state index contributed by atoms with van der Waals surface area (Å²) in [6, 6.07) is 21.9. The number of amides is 1. The Morgan fingerprint density at radius 2 is 1.75 bits per heavy atom. The molecule has 3 rings (SSSR count). The SMILES string of the molecule is C[C@H](OC(=O)COc1ccc2ccccc2c1)C(=O)Nc1ccccc1C#N. The molecule has 0 aliphatic heterocycles. The van der Waals surface area contributed by atoms with E-state index < -0.39 is 18.0 Å². The molecule has 0 heterocycles. The van der Waals surface area contributed by atoms with Crippen LogP contribution in [0.3, 0.4) is 0 Å². The second kappa shape index (κ2) is 8.69. The van der Waals surface area contributed by atoms with Crippen molar-refractivity contribution in [2.75, 3.05) is 11.9 Å². The number of fused-ring (bicyclic) bond motifs is 1. The fraction of sp³-hybridized carbons (Fsp3) is 0.136. The number of benzene rings is 3. The zero-order valence-corrected chi connectivity index (χ0v) is 15.2. The van der Waals surface area contributed by atoms with E-state index in [2.05, 4.69) is 5.32 Å². The van der Waals surface area contributed by atoms with E-state index >= 15 is 0 Å². The summed E-state index contributed by atoms with van der Waals surface area (Å²) in [7, 11) is 0. The van der Waals surface area contributed by atoms with Crippen molar-refractivity contribution in [3.8, 4) is 11.8 Å². The van der Waals surface area contributed by atoms with Crippen LogP contribution in [-0.4, -0.2) is 24.6 Å². The molecule has 0 aromatic heterocycles. The quantitative estimate of drug-likeness (QED) is 0.665. The van der Waals surface area contributed by atoms with E-state index in [0.717, 1.165) is 10.8 Å². The Balaban J connectivity index is 1.53. The molecule has 140 valence electrons. The number of hydrogen-bond donors (Lipinski definition) is 1. The molecular formula is C22H18N2O4. The first kappa shape index (κ1) is 18.9. The van der Waals surface area contributed by atoms with E-state index in [9.17, 15) is 9.59 Å². The summed E-state index contributed by atoms with van der Waals surface area (Å²) < 4.78 is 10.6. The molecule has 0 aliphatic carbocycles. The van der Waals surface area contributed by atoms with E-state index in [-0.39, 0.29) is 6.61 Å². The smallest absolute Gasteiger partial charge is 0.344 e. The molecule has 3 aromatic rings. The summed E-state index contributed by atoms with van der Waals surface area (Å²) in [6.07, 6.45) is -1.03. The van der Waals surface area contributed by atoms with E-state index in [1.54, 1.807) is 30.3 Å². The fourth-order valence-electron chi connectivity index (χ4n) is 2.61. The molecule has 3 aromatic carbocycles. The molecule has 0 spiro atoms. The van der Waals surface area contributed by atoms with Crippen LogP contribution < -0.4 is 10.1 Å². The Morgan fingerprint density at radius 3 is 2.54 bits per heavy atom. The van der Waals surface area contributed by atoms with Crippen LogP contribution in [0.1, 0.15) is 12.5 Å². The highest BCUT2D eigenvalue weighted by atomic mass is 16.6. The van der Waals surface area contributed by atoms with Gasteiger partial charge in [-0.15, -0.1) is 0 Å². The maximum atomic E-state index is 12.2. The van der Waals surface area contributed by atoms with Gasteiger partial charge >= 0.3 is 5.97 Å². The number of carbonyl (C=O) groups is 2. The lowest BCUT2D eigenvalue weighted by Crippen LogP contribution is -2.31. The zero-order chi connectivity index (χ0) is 19.9. The number of para-hydroxylation sites is 1. The molecule has 0 fully saturated rings. The number of rotatable bonds is 6. The molecule has 1 atom stereocenters. The average Bonchev–Trinajstić information content (AvgIpc) is 2.72. The number of nitrogens with one attached hydrogen (secondary N) is 1. The highest BCUT2D eigenvalue weighted by Gasteiger charge is 2.19. The van der Waals surface area contributed by atoms with Crippen molar-refractivity contribution in [1.82, 2.24) is 0 Å². The Kier molecular flexibility index (Phi) is 5.87. The lowest BCUT2D eigenvalue weighted by Gasteiger charge is -2.14. The molecule has 0 bridgehead atoms. The summed E-state index contributed by atoms with van der Waals surface area (Å²) in [6.45, 7) is 1.14. The van der Waals surface area contributed by atoms with Gasteiger partial charge in [-0.3, -0.25) is 4.79 Å². The summed E-state index contributed by atoms with van der Waals surface area (Å²) >= 11 is 0. The minimum absolute atomic E-state index is 0.315. The highest BCUT2D eigenvalue weighted by Crippen LogP contribution is 2.20. The second-order valence-electron chi connectivity index (χ2n) is 6.08. The summed E-state index contributed by atoms with van der Waals surface area (Å²) in [5.41, 5.74) is 0.694. The number of nitrogens with zero attached hydrogens (tertiary/aromatic N) is 1. The topological polar surface area (TPSA) is 88.4 Å². The largest absolute Gasteiger partial charge is 0.482 e. The third-order valence-corrected chi connectivity index (χ3v) is 4.06. The predicted molar refractivity (Wildman–Crippen MR) is 105 cm³/mol. The number of nitriles is 1. The van der Waals surface area contributed by atoms with E-state index in [1.165, 1.54) is 6.92 Å². The minimum atomic E-state index is -1.03. The molecule has 1 N–H and O–H groups in total. The van der Waals surface area contributed by atoms with Crippen LogP contribution in [0.5, 0.6) is 5.75 Å². The van der Waals surface area contributed by atoms with Crippen LogP contribution in [-0.2, 0) is 14.3 Å². The van der Waals surface area contributed by atoms with E-state index in [4.69, 9.17) is 14.7 Å². The van der Waals surface area contributed by atoms with Gasteiger partial charge in [0, 0.05) is 0 Å². The summed E-state index contributed by atoms with van der Waals surface area (Å²) in [5.74, 6) is -0.651. The first-order chi connectivity index (χ1) is 13.6. The third kappa shape index (κ3) is 4.65. The number of esters is 1. The lowest BCUT2D eigenvalue weighted by molar-refractivity contribution is -0.155. The van der Waals surface area contributed by atoms with Crippen LogP contribution in [0.25, 0.3) is 10.8 Å². The first-order valence-electron chi connectivity index (χ1n) is 8.68. The normalized spacial score (nSPS) is 11.3.